The van der Waals surface area contributed by atoms with E-state index in [9.17, 15) is 4.79 Å². The third kappa shape index (κ3) is 1.62. The molecule has 0 heterocycles. The van der Waals surface area contributed by atoms with Crippen LogP contribution in [0.1, 0.15) is 39.0 Å². The number of rotatable bonds is 2. The highest BCUT2D eigenvalue weighted by atomic mass is 16.5. The van der Waals surface area contributed by atoms with Crippen LogP contribution in [0, 0.1) is 11.8 Å². The van der Waals surface area contributed by atoms with E-state index in [1.165, 1.54) is 12.8 Å². The Balaban J connectivity index is 1.80. The van der Waals surface area contributed by atoms with Gasteiger partial charge in [-0.05, 0) is 38.0 Å². The molecule has 2 fully saturated rings. The first kappa shape index (κ1) is 8.09. The zero-order valence-corrected chi connectivity index (χ0v) is 7.58. The topological polar surface area (TPSA) is 26.3 Å². The van der Waals surface area contributed by atoms with E-state index in [1.807, 2.05) is 0 Å². The van der Waals surface area contributed by atoms with E-state index in [2.05, 4.69) is 6.92 Å². The molecule has 0 aliphatic heterocycles. The fraction of sp³-hybridized carbons (Fsp3) is 0.900. The van der Waals surface area contributed by atoms with Crippen molar-refractivity contribution < 1.29 is 9.53 Å². The average molecular weight is 168 g/mol. The second-order valence-corrected chi connectivity index (χ2v) is 4.16. The number of carbonyl (C=O) groups excluding carboxylic acids is 1. The molecular weight excluding hydrogens is 152 g/mol. The summed E-state index contributed by atoms with van der Waals surface area (Å²) in [6.45, 7) is 2.18. The van der Waals surface area contributed by atoms with Crippen molar-refractivity contribution in [2.24, 2.45) is 11.8 Å². The second-order valence-electron chi connectivity index (χ2n) is 4.16. The fourth-order valence-corrected chi connectivity index (χ4v) is 1.85. The monoisotopic (exact) mass is 168 g/mol. The van der Waals surface area contributed by atoms with Crippen LogP contribution in [0.15, 0.2) is 0 Å². The highest BCUT2D eigenvalue weighted by molar-refractivity contribution is 5.75. The van der Waals surface area contributed by atoms with Gasteiger partial charge in [-0.15, -0.1) is 0 Å². The number of hydrogen-bond acceptors (Lipinski definition) is 2. The lowest BCUT2D eigenvalue weighted by Gasteiger charge is -2.15. The van der Waals surface area contributed by atoms with E-state index < -0.39 is 0 Å². The average Bonchev–Trinajstić information content (AvgIpc) is 2.80. The van der Waals surface area contributed by atoms with Crippen LogP contribution < -0.4 is 0 Å². The highest BCUT2D eigenvalue weighted by Crippen LogP contribution is 2.34. The molecule has 2 nitrogen and oxygen atoms in total. The number of ether oxygens (including phenoxy) is 1. The van der Waals surface area contributed by atoms with Gasteiger partial charge in [0, 0.05) is 0 Å². The second kappa shape index (κ2) is 3.08. The molecule has 12 heavy (non-hydrogen) atoms. The number of carbonyl (C=O) groups is 1. The molecule has 0 saturated heterocycles. The Labute approximate surface area is 73.3 Å². The van der Waals surface area contributed by atoms with Gasteiger partial charge in [-0.2, -0.15) is 0 Å². The molecule has 0 bridgehead atoms. The van der Waals surface area contributed by atoms with Crippen LogP contribution in [0.4, 0.5) is 0 Å². The summed E-state index contributed by atoms with van der Waals surface area (Å²) in [6, 6.07) is 0. The summed E-state index contributed by atoms with van der Waals surface area (Å²) in [4.78, 5) is 11.3. The van der Waals surface area contributed by atoms with Gasteiger partial charge in [-0.25, -0.2) is 0 Å². The van der Waals surface area contributed by atoms with Crippen molar-refractivity contribution in [3.63, 3.8) is 0 Å². The molecule has 0 spiro atoms. The van der Waals surface area contributed by atoms with Crippen molar-refractivity contribution in [1.82, 2.24) is 0 Å². The summed E-state index contributed by atoms with van der Waals surface area (Å²) in [5.41, 5.74) is 0. The quantitative estimate of drug-likeness (QED) is 0.590. The van der Waals surface area contributed by atoms with E-state index >= 15 is 0 Å². The third-order valence-electron chi connectivity index (χ3n) is 2.96. The zero-order valence-electron chi connectivity index (χ0n) is 7.58. The predicted molar refractivity (Wildman–Crippen MR) is 45.6 cm³/mol. The molecule has 0 N–H and O–H groups in total. The molecule has 0 amide bonds. The Morgan fingerprint density at radius 1 is 1.25 bits per heavy atom. The summed E-state index contributed by atoms with van der Waals surface area (Å²) in [5, 5.41) is 0. The SMILES string of the molecule is C[C@H]1CCC[C@@H]1OC(=O)C1CC1. The van der Waals surface area contributed by atoms with Crippen LogP contribution in [0.3, 0.4) is 0 Å². The summed E-state index contributed by atoms with van der Waals surface area (Å²) in [5.74, 6) is 0.916. The Bertz CT molecular complexity index is 184. The molecule has 68 valence electrons. The summed E-state index contributed by atoms with van der Waals surface area (Å²) in [6.07, 6.45) is 5.88. The van der Waals surface area contributed by atoms with Crippen molar-refractivity contribution in [3.05, 3.63) is 0 Å². The zero-order chi connectivity index (χ0) is 8.55. The summed E-state index contributed by atoms with van der Waals surface area (Å²) >= 11 is 0. The summed E-state index contributed by atoms with van der Waals surface area (Å²) < 4.78 is 5.41. The minimum absolute atomic E-state index is 0.0637. The van der Waals surface area contributed by atoms with Gasteiger partial charge in [0.1, 0.15) is 6.10 Å². The van der Waals surface area contributed by atoms with Gasteiger partial charge in [0.05, 0.1) is 5.92 Å². The van der Waals surface area contributed by atoms with Gasteiger partial charge in [-0.1, -0.05) is 6.92 Å². The van der Waals surface area contributed by atoms with Crippen LogP contribution in [-0.2, 0) is 9.53 Å². The lowest BCUT2D eigenvalue weighted by molar-refractivity contribution is -0.152. The third-order valence-corrected chi connectivity index (χ3v) is 2.96. The largest absolute Gasteiger partial charge is 0.462 e. The molecule has 2 atom stereocenters. The Kier molecular flexibility index (Phi) is 2.07. The normalized spacial score (nSPS) is 35.1. The molecule has 2 aliphatic rings. The maximum absolute atomic E-state index is 11.3. The van der Waals surface area contributed by atoms with Crippen LogP contribution >= 0.6 is 0 Å². The molecule has 2 saturated carbocycles. The highest BCUT2D eigenvalue weighted by Gasteiger charge is 2.35. The first-order valence-electron chi connectivity index (χ1n) is 4.98. The van der Waals surface area contributed by atoms with E-state index in [0.29, 0.717) is 5.92 Å². The Hall–Kier alpha value is -0.530. The molecule has 0 aromatic heterocycles. The lowest BCUT2D eigenvalue weighted by Crippen LogP contribution is -2.21. The van der Waals surface area contributed by atoms with Gasteiger partial charge >= 0.3 is 5.97 Å². The van der Waals surface area contributed by atoms with Crippen molar-refractivity contribution in [2.45, 2.75) is 45.1 Å². The van der Waals surface area contributed by atoms with Crippen molar-refractivity contribution in [1.29, 1.82) is 0 Å². The Morgan fingerprint density at radius 3 is 2.50 bits per heavy atom. The molecule has 0 aromatic rings. The fourth-order valence-electron chi connectivity index (χ4n) is 1.85. The maximum Gasteiger partial charge on any atom is 0.309 e. The maximum atomic E-state index is 11.3. The van der Waals surface area contributed by atoms with Gasteiger partial charge in [0.2, 0.25) is 0 Å². The Morgan fingerprint density at radius 2 is 2.00 bits per heavy atom. The van der Waals surface area contributed by atoms with E-state index in [1.54, 1.807) is 0 Å². The molecule has 2 heteroatoms. The van der Waals surface area contributed by atoms with Crippen LogP contribution in [0.25, 0.3) is 0 Å². The van der Waals surface area contributed by atoms with Crippen LogP contribution in [-0.4, -0.2) is 12.1 Å². The molecule has 2 aliphatic carbocycles. The van der Waals surface area contributed by atoms with Crippen molar-refractivity contribution in [2.75, 3.05) is 0 Å². The smallest absolute Gasteiger partial charge is 0.309 e. The van der Waals surface area contributed by atoms with Crippen LogP contribution in [0.5, 0.6) is 0 Å². The van der Waals surface area contributed by atoms with Gasteiger partial charge in [-0.3, -0.25) is 4.79 Å². The molecule has 0 unspecified atom stereocenters. The van der Waals surface area contributed by atoms with Crippen LogP contribution in [0.2, 0.25) is 0 Å². The number of hydrogen-bond donors (Lipinski definition) is 0. The molecule has 0 radical (unpaired) electrons. The van der Waals surface area contributed by atoms with Crippen molar-refractivity contribution >= 4 is 5.97 Å². The minimum Gasteiger partial charge on any atom is -0.462 e. The van der Waals surface area contributed by atoms with Gasteiger partial charge < -0.3 is 4.74 Å². The predicted octanol–water partition coefficient (Wildman–Crippen LogP) is 2.13. The van der Waals surface area contributed by atoms with Crippen molar-refractivity contribution in [3.8, 4) is 0 Å². The summed E-state index contributed by atoms with van der Waals surface area (Å²) in [7, 11) is 0. The molecular formula is C10H16O2. The van der Waals surface area contributed by atoms with E-state index in [0.717, 1.165) is 19.3 Å². The first-order valence-corrected chi connectivity index (χ1v) is 4.98. The minimum atomic E-state index is 0.0637. The molecule has 0 aromatic carbocycles. The number of esters is 1. The van der Waals surface area contributed by atoms with Gasteiger partial charge in [0.25, 0.3) is 0 Å². The lowest BCUT2D eigenvalue weighted by atomic mass is 10.1. The standard InChI is InChI=1S/C10H16O2/c1-7-3-2-4-9(7)12-10(11)8-5-6-8/h7-9H,2-6H2,1H3/t7-,9-/m0/s1. The van der Waals surface area contributed by atoms with Gasteiger partial charge in [0.15, 0.2) is 0 Å². The first-order chi connectivity index (χ1) is 5.77. The molecule has 2 rings (SSSR count). The van der Waals surface area contributed by atoms with E-state index in [4.69, 9.17) is 4.74 Å². The van der Waals surface area contributed by atoms with E-state index in [-0.39, 0.29) is 18.0 Å².